The van der Waals surface area contributed by atoms with Crippen LogP contribution in [0, 0.1) is 0 Å². The molecule has 0 spiro atoms. The molecule has 0 amide bonds. The highest BCUT2D eigenvalue weighted by Gasteiger charge is 2.15. The second-order valence-electron chi connectivity index (χ2n) is 3.62. The molecule has 4 heteroatoms. The molecule has 0 bridgehead atoms. The fourth-order valence-corrected chi connectivity index (χ4v) is 2.19. The lowest BCUT2D eigenvalue weighted by Crippen LogP contribution is -2.38. The molecule has 1 aliphatic heterocycles. The maximum atomic E-state index is 4.37. The summed E-state index contributed by atoms with van der Waals surface area (Å²) < 4.78 is 0. The molecule has 1 aromatic rings. The van der Waals surface area contributed by atoms with E-state index in [4.69, 9.17) is 0 Å². The molecule has 1 aliphatic rings. The molecule has 2 unspecified atom stereocenters. The topological polar surface area (TPSA) is 36.4 Å². The maximum Gasteiger partial charge on any atom is 0.192 e. The summed E-state index contributed by atoms with van der Waals surface area (Å²) in [6, 6.07) is 5.02. The fourth-order valence-electron chi connectivity index (χ4n) is 1.45. The summed E-state index contributed by atoms with van der Waals surface area (Å²) in [6.07, 6.45) is 0. The molecule has 2 rings (SSSR count). The summed E-state index contributed by atoms with van der Waals surface area (Å²) in [5, 5.41) is 8.75. The molecule has 2 atom stereocenters. The first kappa shape index (κ1) is 9.52. The maximum absolute atomic E-state index is 4.37. The van der Waals surface area contributed by atoms with Gasteiger partial charge < -0.3 is 10.6 Å². The summed E-state index contributed by atoms with van der Waals surface area (Å²) >= 11 is 1.77. The van der Waals surface area contributed by atoms with Crippen molar-refractivity contribution in [3.8, 4) is 0 Å². The van der Waals surface area contributed by atoms with Gasteiger partial charge in [0.25, 0.3) is 0 Å². The quantitative estimate of drug-likeness (QED) is 0.778. The second kappa shape index (κ2) is 4.00. The number of thiophene rings is 1. The molecular formula is C10H15N3S. The van der Waals surface area contributed by atoms with Gasteiger partial charge in [0, 0.05) is 10.9 Å². The minimum Gasteiger partial charge on any atom is -0.352 e. The summed E-state index contributed by atoms with van der Waals surface area (Å²) in [4.78, 5) is 5.71. The van der Waals surface area contributed by atoms with Gasteiger partial charge in [0.2, 0.25) is 0 Å². The lowest BCUT2D eigenvalue weighted by Gasteiger charge is -2.14. The molecule has 0 aliphatic carbocycles. The molecule has 0 saturated heterocycles. The molecule has 76 valence electrons. The summed E-state index contributed by atoms with van der Waals surface area (Å²) in [7, 11) is 0. The Hall–Kier alpha value is -1.03. The highest BCUT2D eigenvalue weighted by atomic mass is 32.1. The zero-order chi connectivity index (χ0) is 9.97. The van der Waals surface area contributed by atoms with Gasteiger partial charge in [-0.1, -0.05) is 6.07 Å². The first-order valence-electron chi connectivity index (χ1n) is 4.86. The van der Waals surface area contributed by atoms with Gasteiger partial charge >= 0.3 is 0 Å². The van der Waals surface area contributed by atoms with Gasteiger partial charge in [-0.3, -0.25) is 4.99 Å². The second-order valence-corrected chi connectivity index (χ2v) is 4.60. The lowest BCUT2D eigenvalue weighted by atomic mass is 10.3. The third kappa shape index (κ3) is 2.07. The normalized spacial score (nSPS) is 22.7. The smallest absolute Gasteiger partial charge is 0.192 e. The molecule has 0 aromatic carbocycles. The number of nitrogens with one attached hydrogen (secondary N) is 2. The summed E-state index contributed by atoms with van der Waals surface area (Å²) in [5.74, 6) is 0.929. The Bertz CT molecular complexity index is 318. The first-order chi connectivity index (χ1) is 6.75. The van der Waals surface area contributed by atoms with Crippen LogP contribution in [0.25, 0.3) is 0 Å². The van der Waals surface area contributed by atoms with E-state index in [9.17, 15) is 0 Å². The van der Waals surface area contributed by atoms with E-state index in [0.717, 1.165) is 12.5 Å². The third-order valence-electron chi connectivity index (χ3n) is 2.23. The Morgan fingerprint density at radius 1 is 1.71 bits per heavy atom. The van der Waals surface area contributed by atoms with Crippen LogP contribution in [0.4, 0.5) is 0 Å². The number of nitrogens with zero attached hydrogens (tertiary/aromatic N) is 1. The standard InChI is InChI=1S/C10H15N3S/c1-7-6-11-10(12-7)13-8(2)9-4-3-5-14-9/h3-5,7-8H,6H2,1-2H3,(H2,11,12,13). The Labute approximate surface area is 88.3 Å². The van der Waals surface area contributed by atoms with E-state index in [0.29, 0.717) is 12.1 Å². The molecule has 3 nitrogen and oxygen atoms in total. The van der Waals surface area contributed by atoms with Crippen LogP contribution in [0.3, 0.4) is 0 Å². The van der Waals surface area contributed by atoms with Gasteiger partial charge in [-0.2, -0.15) is 0 Å². The molecule has 0 fully saturated rings. The van der Waals surface area contributed by atoms with Gasteiger partial charge in [0.15, 0.2) is 5.96 Å². The van der Waals surface area contributed by atoms with E-state index in [1.807, 2.05) is 0 Å². The number of rotatable bonds is 2. The van der Waals surface area contributed by atoms with Crippen molar-refractivity contribution in [3.63, 3.8) is 0 Å². The van der Waals surface area contributed by atoms with Crippen molar-refractivity contribution in [3.05, 3.63) is 22.4 Å². The van der Waals surface area contributed by atoms with E-state index >= 15 is 0 Å². The lowest BCUT2D eigenvalue weighted by molar-refractivity contribution is 0.681. The van der Waals surface area contributed by atoms with E-state index in [-0.39, 0.29) is 0 Å². The largest absolute Gasteiger partial charge is 0.352 e. The minimum atomic E-state index is 0.339. The van der Waals surface area contributed by atoms with Crippen LogP contribution in [0.2, 0.25) is 0 Å². The Morgan fingerprint density at radius 3 is 3.14 bits per heavy atom. The summed E-state index contributed by atoms with van der Waals surface area (Å²) in [5.41, 5.74) is 0. The van der Waals surface area contributed by atoms with Gasteiger partial charge in [0.05, 0.1) is 12.6 Å². The third-order valence-corrected chi connectivity index (χ3v) is 3.28. The molecule has 0 radical (unpaired) electrons. The highest BCUT2D eigenvalue weighted by molar-refractivity contribution is 7.10. The average Bonchev–Trinajstić information content (AvgIpc) is 2.75. The van der Waals surface area contributed by atoms with Crippen molar-refractivity contribution in [1.82, 2.24) is 10.6 Å². The van der Waals surface area contributed by atoms with E-state index in [2.05, 4.69) is 47.0 Å². The van der Waals surface area contributed by atoms with Crippen LogP contribution >= 0.6 is 11.3 Å². The van der Waals surface area contributed by atoms with Gasteiger partial charge in [-0.05, 0) is 25.3 Å². The van der Waals surface area contributed by atoms with Gasteiger partial charge in [0.1, 0.15) is 0 Å². The monoisotopic (exact) mass is 209 g/mol. The van der Waals surface area contributed by atoms with Crippen LogP contribution in [-0.2, 0) is 0 Å². The zero-order valence-electron chi connectivity index (χ0n) is 8.45. The van der Waals surface area contributed by atoms with Crippen LogP contribution in [0.15, 0.2) is 22.5 Å². The summed E-state index contributed by atoms with van der Waals surface area (Å²) in [6.45, 7) is 5.16. The van der Waals surface area contributed by atoms with E-state index < -0.39 is 0 Å². The Balaban J connectivity index is 1.92. The van der Waals surface area contributed by atoms with E-state index in [1.54, 1.807) is 11.3 Å². The van der Waals surface area contributed by atoms with E-state index in [1.165, 1.54) is 4.88 Å². The van der Waals surface area contributed by atoms with Crippen LogP contribution in [0.1, 0.15) is 24.8 Å². The molecule has 14 heavy (non-hydrogen) atoms. The number of hydrogen-bond donors (Lipinski definition) is 2. The number of aliphatic imine (C=N–C) groups is 1. The van der Waals surface area contributed by atoms with Crippen molar-refractivity contribution in [2.24, 2.45) is 4.99 Å². The average molecular weight is 209 g/mol. The van der Waals surface area contributed by atoms with Crippen LogP contribution in [0.5, 0.6) is 0 Å². The van der Waals surface area contributed by atoms with Crippen molar-refractivity contribution >= 4 is 17.3 Å². The van der Waals surface area contributed by atoms with Gasteiger partial charge in [-0.25, -0.2) is 0 Å². The number of hydrogen-bond acceptors (Lipinski definition) is 4. The van der Waals surface area contributed by atoms with Crippen molar-refractivity contribution in [1.29, 1.82) is 0 Å². The SMILES string of the molecule is CC1CN=C(NC(C)c2cccs2)N1. The predicted octanol–water partition coefficient (Wildman–Crippen LogP) is 1.75. The van der Waals surface area contributed by atoms with Crippen molar-refractivity contribution in [2.75, 3.05) is 6.54 Å². The number of guanidine groups is 1. The highest BCUT2D eigenvalue weighted by Crippen LogP contribution is 2.18. The molecule has 0 saturated carbocycles. The predicted molar refractivity (Wildman–Crippen MR) is 60.8 cm³/mol. The zero-order valence-corrected chi connectivity index (χ0v) is 9.27. The fraction of sp³-hybridized carbons (Fsp3) is 0.500. The van der Waals surface area contributed by atoms with Crippen molar-refractivity contribution < 1.29 is 0 Å². The van der Waals surface area contributed by atoms with Crippen LogP contribution in [-0.4, -0.2) is 18.5 Å². The van der Waals surface area contributed by atoms with Crippen LogP contribution < -0.4 is 10.6 Å². The Morgan fingerprint density at radius 2 is 2.57 bits per heavy atom. The van der Waals surface area contributed by atoms with Gasteiger partial charge in [-0.15, -0.1) is 11.3 Å². The molecule has 1 aromatic heterocycles. The molecular weight excluding hydrogens is 194 g/mol. The molecule has 2 heterocycles. The minimum absolute atomic E-state index is 0.339. The first-order valence-corrected chi connectivity index (χ1v) is 5.74. The Kier molecular flexibility index (Phi) is 2.72. The molecule has 2 N–H and O–H groups in total. The van der Waals surface area contributed by atoms with Crippen molar-refractivity contribution in [2.45, 2.75) is 25.9 Å².